The number of rotatable bonds is 5. The van der Waals surface area contributed by atoms with Crippen LogP contribution in [0.4, 0.5) is 10.1 Å². The van der Waals surface area contributed by atoms with Crippen LogP contribution in [0.3, 0.4) is 0 Å². The van der Waals surface area contributed by atoms with Crippen LogP contribution in [-0.2, 0) is 6.54 Å². The highest BCUT2D eigenvalue weighted by molar-refractivity contribution is 7.80. The molecule has 0 heterocycles. The van der Waals surface area contributed by atoms with Gasteiger partial charge in [0, 0.05) is 6.54 Å². The van der Waals surface area contributed by atoms with E-state index in [1.54, 1.807) is 6.07 Å². The zero-order chi connectivity index (χ0) is 15.1. The monoisotopic (exact) mass is 304 g/mol. The Morgan fingerprint density at radius 1 is 1.19 bits per heavy atom. The van der Waals surface area contributed by atoms with Gasteiger partial charge >= 0.3 is 0 Å². The summed E-state index contributed by atoms with van der Waals surface area (Å²) in [7, 11) is 0. The average Bonchev–Trinajstić information content (AvgIpc) is 2.48. The minimum atomic E-state index is -0.255. The first-order chi connectivity index (χ1) is 10.2. The summed E-state index contributed by atoms with van der Waals surface area (Å²) < 4.78 is 18.6. The molecule has 0 radical (unpaired) electrons. The smallest absolute Gasteiger partial charge is 0.171 e. The molecule has 5 heteroatoms. The van der Waals surface area contributed by atoms with Gasteiger partial charge in [0.05, 0.1) is 12.3 Å². The highest BCUT2D eigenvalue weighted by atomic mass is 32.1. The second-order valence-corrected chi connectivity index (χ2v) is 4.78. The van der Waals surface area contributed by atoms with Crippen LogP contribution < -0.4 is 15.4 Å². The molecule has 0 amide bonds. The summed E-state index contributed by atoms with van der Waals surface area (Å²) in [5.41, 5.74) is 1.63. The van der Waals surface area contributed by atoms with Gasteiger partial charge < -0.3 is 15.4 Å². The number of para-hydroxylation sites is 2. The van der Waals surface area contributed by atoms with Gasteiger partial charge in [-0.3, -0.25) is 0 Å². The summed E-state index contributed by atoms with van der Waals surface area (Å²) in [4.78, 5) is 0. The third kappa shape index (κ3) is 4.72. The minimum Gasteiger partial charge on any atom is -0.492 e. The lowest BCUT2D eigenvalue weighted by molar-refractivity contribution is 0.342. The standard InChI is InChI=1S/C16H17FN2OS/c1-2-20-15-9-4-3-8-14(15)19-16(21)18-11-12-6-5-7-13(17)10-12/h3-10H,2,11H2,1H3,(H2,18,19,21). The maximum atomic E-state index is 13.1. The number of nitrogens with one attached hydrogen (secondary N) is 2. The van der Waals surface area contributed by atoms with Gasteiger partial charge in [-0.25, -0.2) is 4.39 Å². The Balaban J connectivity index is 1.93. The average molecular weight is 304 g/mol. The molecule has 0 unspecified atom stereocenters. The zero-order valence-electron chi connectivity index (χ0n) is 11.7. The van der Waals surface area contributed by atoms with Crippen LogP contribution in [0, 0.1) is 5.82 Å². The molecule has 2 aromatic carbocycles. The molecule has 21 heavy (non-hydrogen) atoms. The molecule has 0 aromatic heterocycles. The Morgan fingerprint density at radius 3 is 2.76 bits per heavy atom. The summed E-state index contributed by atoms with van der Waals surface area (Å²) in [5, 5.41) is 6.59. The zero-order valence-corrected chi connectivity index (χ0v) is 12.5. The van der Waals surface area contributed by atoms with E-state index in [9.17, 15) is 4.39 Å². The summed E-state index contributed by atoms with van der Waals surface area (Å²) in [5.74, 6) is 0.491. The SMILES string of the molecule is CCOc1ccccc1NC(=S)NCc1cccc(F)c1. The molecule has 2 aromatic rings. The Kier molecular flexibility index (Phi) is 5.51. The molecule has 110 valence electrons. The number of ether oxygens (including phenoxy) is 1. The van der Waals surface area contributed by atoms with Gasteiger partial charge in [0.1, 0.15) is 11.6 Å². The fraction of sp³-hybridized carbons (Fsp3) is 0.188. The van der Waals surface area contributed by atoms with Crippen molar-refractivity contribution in [2.75, 3.05) is 11.9 Å². The lowest BCUT2D eigenvalue weighted by Gasteiger charge is -2.14. The van der Waals surface area contributed by atoms with Crippen LogP contribution in [0.15, 0.2) is 48.5 Å². The maximum Gasteiger partial charge on any atom is 0.171 e. The van der Waals surface area contributed by atoms with E-state index in [1.165, 1.54) is 12.1 Å². The quantitative estimate of drug-likeness (QED) is 0.825. The molecule has 0 spiro atoms. The first-order valence-electron chi connectivity index (χ1n) is 6.70. The predicted octanol–water partition coefficient (Wildman–Crippen LogP) is 3.71. The van der Waals surface area contributed by atoms with Crippen LogP contribution >= 0.6 is 12.2 Å². The van der Waals surface area contributed by atoms with E-state index >= 15 is 0 Å². The Bertz CT molecular complexity index is 619. The summed E-state index contributed by atoms with van der Waals surface area (Å²) in [6.07, 6.45) is 0. The van der Waals surface area contributed by atoms with Crippen LogP contribution in [0.2, 0.25) is 0 Å². The Hall–Kier alpha value is -2.14. The van der Waals surface area contributed by atoms with E-state index in [2.05, 4.69) is 10.6 Å². The van der Waals surface area contributed by atoms with Crippen molar-refractivity contribution in [3.05, 3.63) is 59.9 Å². The number of benzene rings is 2. The molecule has 0 saturated carbocycles. The lowest BCUT2D eigenvalue weighted by Crippen LogP contribution is -2.28. The lowest BCUT2D eigenvalue weighted by atomic mass is 10.2. The molecule has 0 fully saturated rings. The van der Waals surface area contributed by atoms with Gasteiger partial charge in [-0.2, -0.15) is 0 Å². The fourth-order valence-electron chi connectivity index (χ4n) is 1.85. The van der Waals surface area contributed by atoms with Crippen LogP contribution in [0.25, 0.3) is 0 Å². The third-order valence-electron chi connectivity index (χ3n) is 2.78. The number of hydrogen-bond donors (Lipinski definition) is 2. The molecule has 0 aliphatic carbocycles. The summed E-state index contributed by atoms with van der Waals surface area (Å²) in [6, 6.07) is 14.0. The largest absolute Gasteiger partial charge is 0.492 e. The highest BCUT2D eigenvalue weighted by Crippen LogP contribution is 2.23. The van der Waals surface area contributed by atoms with Crippen LogP contribution in [-0.4, -0.2) is 11.7 Å². The molecular formula is C16H17FN2OS. The maximum absolute atomic E-state index is 13.1. The van der Waals surface area contributed by atoms with E-state index in [-0.39, 0.29) is 5.82 Å². The van der Waals surface area contributed by atoms with Crippen LogP contribution in [0.5, 0.6) is 5.75 Å². The molecule has 2 rings (SSSR count). The number of hydrogen-bond acceptors (Lipinski definition) is 2. The second-order valence-electron chi connectivity index (χ2n) is 4.37. The fourth-order valence-corrected chi connectivity index (χ4v) is 2.03. The Morgan fingerprint density at radius 2 is 2.00 bits per heavy atom. The first kappa shape index (κ1) is 15.3. The Labute approximate surface area is 129 Å². The van der Waals surface area contributed by atoms with E-state index < -0.39 is 0 Å². The van der Waals surface area contributed by atoms with Crippen molar-refractivity contribution >= 4 is 23.0 Å². The second kappa shape index (κ2) is 7.59. The molecule has 0 aliphatic heterocycles. The third-order valence-corrected chi connectivity index (χ3v) is 3.02. The van der Waals surface area contributed by atoms with Gasteiger partial charge in [0.15, 0.2) is 5.11 Å². The minimum absolute atomic E-state index is 0.255. The van der Waals surface area contributed by atoms with Gasteiger partial charge in [0.2, 0.25) is 0 Å². The van der Waals surface area contributed by atoms with Crippen molar-refractivity contribution in [2.24, 2.45) is 0 Å². The summed E-state index contributed by atoms with van der Waals surface area (Å²) in [6.45, 7) is 2.97. The molecule has 0 saturated heterocycles. The van der Waals surface area contributed by atoms with E-state index in [1.807, 2.05) is 37.3 Å². The van der Waals surface area contributed by atoms with Crippen molar-refractivity contribution in [2.45, 2.75) is 13.5 Å². The van der Waals surface area contributed by atoms with Crippen molar-refractivity contribution in [1.82, 2.24) is 5.32 Å². The van der Waals surface area contributed by atoms with E-state index in [4.69, 9.17) is 17.0 Å². The van der Waals surface area contributed by atoms with Gasteiger partial charge in [-0.05, 0) is 49.0 Å². The molecular weight excluding hydrogens is 287 g/mol. The van der Waals surface area contributed by atoms with Crippen molar-refractivity contribution < 1.29 is 9.13 Å². The number of halogens is 1. The van der Waals surface area contributed by atoms with E-state index in [0.717, 1.165) is 17.0 Å². The van der Waals surface area contributed by atoms with Crippen LogP contribution in [0.1, 0.15) is 12.5 Å². The number of anilines is 1. The van der Waals surface area contributed by atoms with E-state index in [0.29, 0.717) is 18.3 Å². The molecule has 2 N–H and O–H groups in total. The predicted molar refractivity (Wildman–Crippen MR) is 87.1 cm³/mol. The van der Waals surface area contributed by atoms with Gasteiger partial charge in [-0.1, -0.05) is 24.3 Å². The topological polar surface area (TPSA) is 33.3 Å². The molecule has 0 aliphatic rings. The number of thiocarbonyl (C=S) groups is 1. The normalized spacial score (nSPS) is 10.0. The van der Waals surface area contributed by atoms with Crippen molar-refractivity contribution in [3.63, 3.8) is 0 Å². The first-order valence-corrected chi connectivity index (χ1v) is 7.11. The summed E-state index contributed by atoms with van der Waals surface area (Å²) >= 11 is 5.24. The molecule has 0 atom stereocenters. The highest BCUT2D eigenvalue weighted by Gasteiger charge is 2.04. The molecule has 0 bridgehead atoms. The van der Waals surface area contributed by atoms with Gasteiger partial charge in [-0.15, -0.1) is 0 Å². The van der Waals surface area contributed by atoms with Gasteiger partial charge in [0.25, 0.3) is 0 Å². The van der Waals surface area contributed by atoms with Crippen molar-refractivity contribution in [3.8, 4) is 5.75 Å². The van der Waals surface area contributed by atoms with Crippen molar-refractivity contribution in [1.29, 1.82) is 0 Å². The molecule has 3 nitrogen and oxygen atoms in total.